The second-order valence-corrected chi connectivity index (χ2v) is 3.83. The molecule has 0 atom stereocenters. The molecule has 0 saturated carbocycles. The number of furan rings is 1. The van der Waals surface area contributed by atoms with Crippen molar-refractivity contribution in [2.24, 2.45) is 0 Å². The maximum Gasteiger partial charge on any atom is 0.134 e. The van der Waals surface area contributed by atoms with Gasteiger partial charge in [-0.1, -0.05) is 34.6 Å². The highest BCUT2D eigenvalue weighted by Gasteiger charge is 2.01. The summed E-state index contributed by atoms with van der Waals surface area (Å²) in [5, 5.41) is 0. The zero-order chi connectivity index (χ0) is 9.97. The number of rotatable bonds is 2. The summed E-state index contributed by atoms with van der Waals surface area (Å²) >= 11 is 3.39. The Bertz CT molecular complexity index is 440. The van der Waals surface area contributed by atoms with Crippen LogP contribution < -0.4 is 0 Å². The molecule has 0 aliphatic rings. The molecule has 1 aromatic carbocycles. The summed E-state index contributed by atoms with van der Waals surface area (Å²) in [5.74, 6) is 1.66. The van der Waals surface area contributed by atoms with Crippen molar-refractivity contribution in [3.8, 4) is 11.3 Å². The molecule has 0 spiro atoms. The van der Waals surface area contributed by atoms with Crippen LogP contribution in [0.4, 0.5) is 0 Å². The van der Waals surface area contributed by atoms with Gasteiger partial charge in [0.1, 0.15) is 11.5 Å². The first-order valence-electron chi connectivity index (χ1n) is 4.28. The monoisotopic (exact) mass is 248 g/mol. The molecule has 0 fully saturated rings. The summed E-state index contributed by atoms with van der Waals surface area (Å²) in [4.78, 5) is 0. The molecule has 0 unspecified atom stereocenters. The molecule has 70 valence electrons. The Hall–Kier alpha value is -1.28. The van der Waals surface area contributed by atoms with E-state index in [1.165, 1.54) is 0 Å². The first-order chi connectivity index (χ1) is 6.79. The first kappa shape index (κ1) is 9.28. The van der Waals surface area contributed by atoms with Gasteiger partial charge in [-0.15, -0.1) is 0 Å². The van der Waals surface area contributed by atoms with E-state index in [9.17, 15) is 0 Å². The van der Waals surface area contributed by atoms with E-state index in [0.717, 1.165) is 21.6 Å². The first-order valence-corrected chi connectivity index (χ1v) is 5.07. The van der Waals surface area contributed by atoms with Crippen LogP contribution in [0.5, 0.6) is 0 Å². The minimum absolute atomic E-state index is 0.794. The lowest BCUT2D eigenvalue weighted by molar-refractivity contribution is 0.572. The third-order valence-corrected chi connectivity index (χ3v) is 2.49. The van der Waals surface area contributed by atoms with Crippen molar-refractivity contribution < 1.29 is 4.42 Å². The summed E-state index contributed by atoms with van der Waals surface area (Å²) in [5.41, 5.74) is 1.07. The SMILES string of the molecule is C=Cc1ccc(-c2ccc(Br)cc2)o1. The van der Waals surface area contributed by atoms with Gasteiger partial charge in [-0.2, -0.15) is 0 Å². The lowest BCUT2D eigenvalue weighted by atomic mass is 10.2. The molecule has 0 aliphatic carbocycles. The minimum atomic E-state index is 0.794. The van der Waals surface area contributed by atoms with Gasteiger partial charge < -0.3 is 4.42 Å². The molecule has 0 radical (unpaired) electrons. The van der Waals surface area contributed by atoms with Gasteiger partial charge in [0.05, 0.1) is 0 Å². The van der Waals surface area contributed by atoms with Crippen molar-refractivity contribution in [1.29, 1.82) is 0 Å². The standard InChI is InChI=1S/C12H9BrO/c1-2-11-7-8-12(14-11)9-3-5-10(13)6-4-9/h2-8H,1H2. The number of halogens is 1. The second-order valence-electron chi connectivity index (χ2n) is 2.91. The Kier molecular flexibility index (Phi) is 2.55. The van der Waals surface area contributed by atoms with Gasteiger partial charge in [-0.3, -0.25) is 0 Å². The van der Waals surface area contributed by atoms with Crippen LogP contribution >= 0.6 is 15.9 Å². The number of benzene rings is 1. The zero-order valence-corrected chi connectivity index (χ0v) is 9.12. The summed E-state index contributed by atoms with van der Waals surface area (Å²) in [6, 6.07) is 11.9. The van der Waals surface area contributed by atoms with Crippen molar-refractivity contribution >= 4 is 22.0 Å². The summed E-state index contributed by atoms with van der Waals surface area (Å²) in [6.45, 7) is 3.65. The zero-order valence-electron chi connectivity index (χ0n) is 7.53. The number of hydrogen-bond acceptors (Lipinski definition) is 1. The maximum absolute atomic E-state index is 5.53. The molecule has 2 heteroatoms. The third kappa shape index (κ3) is 1.80. The van der Waals surface area contributed by atoms with Gasteiger partial charge in [0.25, 0.3) is 0 Å². The van der Waals surface area contributed by atoms with Crippen LogP contribution in [0, 0.1) is 0 Å². The maximum atomic E-state index is 5.53. The summed E-state index contributed by atoms with van der Waals surface area (Å²) < 4.78 is 6.59. The molecule has 0 aliphatic heterocycles. The summed E-state index contributed by atoms with van der Waals surface area (Å²) in [7, 11) is 0. The molecule has 0 amide bonds. The average molecular weight is 249 g/mol. The van der Waals surface area contributed by atoms with Crippen molar-refractivity contribution in [2.75, 3.05) is 0 Å². The van der Waals surface area contributed by atoms with Crippen LogP contribution in [-0.2, 0) is 0 Å². The molecule has 0 saturated heterocycles. The van der Waals surface area contributed by atoms with Crippen molar-refractivity contribution in [1.82, 2.24) is 0 Å². The predicted octanol–water partition coefficient (Wildman–Crippen LogP) is 4.35. The highest BCUT2D eigenvalue weighted by Crippen LogP contribution is 2.24. The minimum Gasteiger partial charge on any atom is -0.457 e. The normalized spacial score (nSPS) is 10.1. The van der Waals surface area contributed by atoms with Gasteiger partial charge in [0, 0.05) is 10.0 Å². The van der Waals surface area contributed by atoms with Gasteiger partial charge in [-0.05, 0) is 30.3 Å². The highest BCUT2D eigenvalue weighted by atomic mass is 79.9. The van der Waals surface area contributed by atoms with Crippen molar-refractivity contribution in [3.63, 3.8) is 0 Å². The summed E-state index contributed by atoms with van der Waals surface area (Å²) in [6.07, 6.45) is 1.70. The Balaban J connectivity index is 2.39. The van der Waals surface area contributed by atoms with Gasteiger partial charge in [-0.25, -0.2) is 0 Å². The fourth-order valence-corrected chi connectivity index (χ4v) is 1.50. The molecule has 2 aromatic rings. The van der Waals surface area contributed by atoms with Gasteiger partial charge in [0.15, 0.2) is 0 Å². The Morgan fingerprint density at radius 2 is 1.79 bits per heavy atom. The lowest BCUT2D eigenvalue weighted by Gasteiger charge is -1.96. The second kappa shape index (κ2) is 3.84. The molecule has 0 bridgehead atoms. The fourth-order valence-electron chi connectivity index (χ4n) is 1.23. The van der Waals surface area contributed by atoms with Crippen LogP contribution in [0.2, 0.25) is 0 Å². The molecule has 1 aromatic heterocycles. The van der Waals surface area contributed by atoms with E-state index in [1.807, 2.05) is 36.4 Å². The number of hydrogen-bond donors (Lipinski definition) is 0. The average Bonchev–Trinajstić information content (AvgIpc) is 2.67. The molecule has 2 rings (SSSR count). The third-order valence-electron chi connectivity index (χ3n) is 1.96. The van der Waals surface area contributed by atoms with E-state index in [1.54, 1.807) is 6.08 Å². The Labute approximate surface area is 91.2 Å². The molecular weight excluding hydrogens is 240 g/mol. The van der Waals surface area contributed by atoms with Gasteiger partial charge in [0.2, 0.25) is 0 Å². The highest BCUT2D eigenvalue weighted by molar-refractivity contribution is 9.10. The predicted molar refractivity (Wildman–Crippen MR) is 61.9 cm³/mol. The van der Waals surface area contributed by atoms with Gasteiger partial charge >= 0.3 is 0 Å². The Morgan fingerprint density at radius 3 is 2.36 bits per heavy atom. The van der Waals surface area contributed by atoms with Crippen molar-refractivity contribution in [2.45, 2.75) is 0 Å². The van der Waals surface area contributed by atoms with Crippen LogP contribution in [0.1, 0.15) is 5.76 Å². The van der Waals surface area contributed by atoms with E-state index < -0.39 is 0 Å². The van der Waals surface area contributed by atoms with E-state index in [4.69, 9.17) is 4.42 Å². The molecule has 1 heterocycles. The van der Waals surface area contributed by atoms with Crippen LogP contribution in [-0.4, -0.2) is 0 Å². The van der Waals surface area contributed by atoms with E-state index in [0.29, 0.717) is 0 Å². The van der Waals surface area contributed by atoms with E-state index in [-0.39, 0.29) is 0 Å². The smallest absolute Gasteiger partial charge is 0.134 e. The van der Waals surface area contributed by atoms with Crippen LogP contribution in [0.15, 0.2) is 51.9 Å². The quantitative estimate of drug-likeness (QED) is 0.771. The molecular formula is C12H9BrO. The fraction of sp³-hybridized carbons (Fsp3) is 0. The van der Waals surface area contributed by atoms with Crippen molar-refractivity contribution in [3.05, 3.63) is 53.2 Å². The molecule has 1 nitrogen and oxygen atoms in total. The van der Waals surface area contributed by atoms with E-state index in [2.05, 4.69) is 22.5 Å². The molecule has 0 N–H and O–H groups in total. The van der Waals surface area contributed by atoms with Crippen LogP contribution in [0.3, 0.4) is 0 Å². The van der Waals surface area contributed by atoms with Crippen LogP contribution in [0.25, 0.3) is 17.4 Å². The molecule has 14 heavy (non-hydrogen) atoms. The Morgan fingerprint density at radius 1 is 1.07 bits per heavy atom. The largest absolute Gasteiger partial charge is 0.457 e. The topological polar surface area (TPSA) is 13.1 Å². The van der Waals surface area contributed by atoms with E-state index >= 15 is 0 Å². The lowest BCUT2D eigenvalue weighted by Crippen LogP contribution is -1.71.